The van der Waals surface area contributed by atoms with Gasteiger partial charge in [0.05, 0.1) is 0 Å². The van der Waals surface area contributed by atoms with E-state index in [0.717, 1.165) is 11.0 Å². The largest absolute Gasteiger partial charge is 0.382 e. The van der Waals surface area contributed by atoms with E-state index in [0.29, 0.717) is 5.56 Å². The van der Waals surface area contributed by atoms with Gasteiger partial charge >= 0.3 is 0 Å². The summed E-state index contributed by atoms with van der Waals surface area (Å²) in [6.45, 7) is 3.09. The minimum Gasteiger partial charge on any atom is -0.382 e. The Hall–Kier alpha value is -0.800. The van der Waals surface area contributed by atoms with Gasteiger partial charge in [-0.15, -0.1) is 0 Å². The molecule has 116 valence electrons. The van der Waals surface area contributed by atoms with E-state index >= 15 is 0 Å². The summed E-state index contributed by atoms with van der Waals surface area (Å²) in [7, 11) is 0. The van der Waals surface area contributed by atoms with Crippen molar-refractivity contribution >= 4 is 17.5 Å². The molecule has 1 aliphatic rings. The first-order valence-corrected chi connectivity index (χ1v) is 8.99. The maximum Gasteiger partial charge on any atom is 0.193 e. The van der Waals surface area contributed by atoms with E-state index < -0.39 is 5.60 Å². The summed E-state index contributed by atoms with van der Waals surface area (Å²) in [5.41, 5.74) is 0.494. The summed E-state index contributed by atoms with van der Waals surface area (Å²) >= 11 is 2.02. The molecule has 0 bridgehead atoms. The summed E-state index contributed by atoms with van der Waals surface area (Å²) in [6.07, 6.45) is 8.13. The number of carbonyl (C=O) groups excluding carboxylic acids is 1. The van der Waals surface area contributed by atoms with Gasteiger partial charge < -0.3 is 5.11 Å². The molecule has 2 nitrogen and oxygen atoms in total. The molecule has 0 heterocycles. The van der Waals surface area contributed by atoms with Crippen molar-refractivity contribution in [3.63, 3.8) is 0 Å². The van der Waals surface area contributed by atoms with Crippen LogP contribution in [0, 0.1) is 0 Å². The smallest absolute Gasteiger partial charge is 0.193 e. The van der Waals surface area contributed by atoms with Gasteiger partial charge in [-0.05, 0) is 38.3 Å². The molecule has 1 N–H and O–H groups in total. The highest BCUT2D eigenvalue weighted by molar-refractivity contribution is 7.99. The quantitative estimate of drug-likeness (QED) is 0.638. The van der Waals surface area contributed by atoms with Crippen LogP contribution in [0.1, 0.15) is 68.3 Å². The first kappa shape index (κ1) is 16.6. The second-order valence-corrected chi connectivity index (χ2v) is 7.80. The lowest BCUT2D eigenvalue weighted by Crippen LogP contribution is -2.31. The van der Waals surface area contributed by atoms with Gasteiger partial charge in [0.2, 0.25) is 0 Å². The molecule has 0 unspecified atom stereocenters. The lowest BCUT2D eigenvalue weighted by molar-refractivity contribution is 0.0488. The predicted molar refractivity (Wildman–Crippen MR) is 89.9 cm³/mol. The number of carbonyl (C=O) groups is 1. The predicted octanol–water partition coefficient (Wildman–Crippen LogP) is 4.60. The Kier molecular flexibility index (Phi) is 5.88. The molecule has 0 aliphatic heterocycles. The Morgan fingerprint density at radius 3 is 2.52 bits per heavy atom. The molecule has 0 radical (unpaired) electrons. The SMILES string of the molecule is CC(C)(O)C(=O)c1cccc(CSC2CCCCCC2)c1. The average Bonchev–Trinajstić information content (AvgIpc) is 2.72. The van der Waals surface area contributed by atoms with Crippen LogP contribution < -0.4 is 0 Å². The summed E-state index contributed by atoms with van der Waals surface area (Å²) in [5.74, 6) is 0.751. The highest BCUT2D eigenvalue weighted by Crippen LogP contribution is 2.30. The molecule has 1 fully saturated rings. The number of hydrogen-bond donors (Lipinski definition) is 1. The van der Waals surface area contributed by atoms with Crippen LogP contribution in [0.2, 0.25) is 0 Å². The molecule has 0 saturated heterocycles. The van der Waals surface area contributed by atoms with Crippen LogP contribution in [0.15, 0.2) is 24.3 Å². The normalized spacial score (nSPS) is 17.5. The van der Waals surface area contributed by atoms with Crippen LogP contribution in [-0.4, -0.2) is 21.7 Å². The second-order valence-electron chi connectivity index (χ2n) is 6.51. The average molecular weight is 306 g/mol. The Balaban J connectivity index is 1.96. The summed E-state index contributed by atoms with van der Waals surface area (Å²) in [5, 5.41) is 10.6. The first-order valence-electron chi connectivity index (χ1n) is 7.94. The van der Waals surface area contributed by atoms with Crippen molar-refractivity contribution in [2.75, 3.05) is 0 Å². The van der Waals surface area contributed by atoms with Gasteiger partial charge in [-0.2, -0.15) is 11.8 Å². The maximum absolute atomic E-state index is 12.1. The fourth-order valence-electron chi connectivity index (χ4n) is 2.78. The molecule has 1 saturated carbocycles. The number of hydrogen-bond acceptors (Lipinski definition) is 3. The van der Waals surface area contributed by atoms with Gasteiger partial charge in [0.1, 0.15) is 5.60 Å². The Labute approximate surface area is 132 Å². The number of Topliss-reactive ketones (excluding diaryl/α,β-unsaturated/α-hetero) is 1. The minimum atomic E-state index is -1.30. The topological polar surface area (TPSA) is 37.3 Å². The van der Waals surface area contributed by atoms with Crippen molar-refractivity contribution in [1.29, 1.82) is 0 Å². The molecule has 0 spiro atoms. The van der Waals surface area contributed by atoms with Crippen molar-refractivity contribution < 1.29 is 9.90 Å². The number of aliphatic hydroxyl groups is 1. The fourth-order valence-corrected chi connectivity index (χ4v) is 4.05. The van der Waals surface area contributed by atoms with E-state index in [1.165, 1.54) is 44.1 Å². The molecule has 2 rings (SSSR count). The number of ketones is 1. The highest BCUT2D eigenvalue weighted by atomic mass is 32.2. The zero-order chi connectivity index (χ0) is 15.3. The Morgan fingerprint density at radius 1 is 1.24 bits per heavy atom. The van der Waals surface area contributed by atoms with E-state index in [-0.39, 0.29) is 5.78 Å². The molecule has 3 heteroatoms. The maximum atomic E-state index is 12.1. The van der Waals surface area contributed by atoms with E-state index in [9.17, 15) is 9.90 Å². The van der Waals surface area contributed by atoms with Gasteiger partial charge in [0.25, 0.3) is 0 Å². The monoisotopic (exact) mass is 306 g/mol. The minimum absolute atomic E-state index is 0.205. The van der Waals surface area contributed by atoms with Crippen molar-refractivity contribution in [1.82, 2.24) is 0 Å². The van der Waals surface area contributed by atoms with Crippen LogP contribution in [0.4, 0.5) is 0 Å². The Morgan fingerprint density at radius 2 is 1.90 bits per heavy atom. The molecule has 1 aromatic rings. The lowest BCUT2D eigenvalue weighted by Gasteiger charge is -2.17. The lowest BCUT2D eigenvalue weighted by atomic mass is 9.96. The molecule has 0 amide bonds. The molecule has 1 aromatic carbocycles. The first-order chi connectivity index (χ1) is 9.97. The van der Waals surface area contributed by atoms with Crippen molar-refractivity contribution in [2.24, 2.45) is 0 Å². The summed E-state index contributed by atoms with van der Waals surface area (Å²) in [4.78, 5) is 12.1. The van der Waals surface area contributed by atoms with E-state index in [2.05, 4.69) is 6.07 Å². The van der Waals surface area contributed by atoms with Crippen LogP contribution in [0.3, 0.4) is 0 Å². The third-order valence-corrected chi connectivity index (χ3v) is 5.48. The standard InChI is InChI=1S/C18H26O2S/c1-18(2,20)17(19)15-9-7-8-14(12-15)13-21-16-10-5-3-4-6-11-16/h7-9,12,16,20H,3-6,10-11,13H2,1-2H3. The van der Waals surface area contributed by atoms with E-state index in [1.54, 1.807) is 19.9 Å². The molecule has 1 aliphatic carbocycles. The third-order valence-electron chi connectivity index (χ3n) is 4.03. The van der Waals surface area contributed by atoms with Crippen LogP contribution in [-0.2, 0) is 5.75 Å². The molecular weight excluding hydrogens is 280 g/mol. The third kappa shape index (κ3) is 5.15. The molecule has 0 atom stereocenters. The number of thioether (sulfide) groups is 1. The van der Waals surface area contributed by atoms with Crippen LogP contribution in [0.25, 0.3) is 0 Å². The Bertz CT molecular complexity index is 468. The molecule has 0 aromatic heterocycles. The van der Waals surface area contributed by atoms with Crippen molar-refractivity contribution in [2.45, 2.75) is 69.0 Å². The van der Waals surface area contributed by atoms with Gasteiger partial charge in [0, 0.05) is 16.6 Å². The van der Waals surface area contributed by atoms with E-state index in [4.69, 9.17) is 0 Å². The van der Waals surface area contributed by atoms with Gasteiger partial charge in [-0.3, -0.25) is 4.79 Å². The molecule has 21 heavy (non-hydrogen) atoms. The van der Waals surface area contributed by atoms with Crippen LogP contribution >= 0.6 is 11.8 Å². The number of rotatable bonds is 5. The van der Waals surface area contributed by atoms with Crippen molar-refractivity contribution in [3.05, 3.63) is 35.4 Å². The summed E-state index contributed by atoms with van der Waals surface area (Å²) < 4.78 is 0. The van der Waals surface area contributed by atoms with Gasteiger partial charge in [-0.25, -0.2) is 0 Å². The van der Waals surface area contributed by atoms with Gasteiger partial charge in [-0.1, -0.05) is 43.9 Å². The van der Waals surface area contributed by atoms with Crippen molar-refractivity contribution in [3.8, 4) is 0 Å². The second kappa shape index (κ2) is 7.46. The van der Waals surface area contributed by atoms with Gasteiger partial charge in [0.15, 0.2) is 5.78 Å². The van der Waals surface area contributed by atoms with E-state index in [1.807, 2.05) is 23.9 Å². The zero-order valence-electron chi connectivity index (χ0n) is 13.1. The fraction of sp³-hybridized carbons (Fsp3) is 0.611. The van der Waals surface area contributed by atoms with Crippen LogP contribution in [0.5, 0.6) is 0 Å². The zero-order valence-corrected chi connectivity index (χ0v) is 13.9. The summed E-state index contributed by atoms with van der Waals surface area (Å²) in [6, 6.07) is 7.72. The highest BCUT2D eigenvalue weighted by Gasteiger charge is 2.25. The molecular formula is C18H26O2S. The number of benzene rings is 1.